The predicted octanol–water partition coefficient (Wildman–Crippen LogP) is 2.21. The number of rotatable bonds is 5. The Hall–Kier alpha value is -1.30. The number of hydrogen-bond donors (Lipinski definition) is 3. The van der Waals surface area contributed by atoms with Gasteiger partial charge in [-0.15, -0.1) is 0 Å². The average molecular weight is 319 g/mol. The van der Waals surface area contributed by atoms with Crippen LogP contribution in [0.1, 0.15) is 19.8 Å². The molecule has 5 nitrogen and oxygen atoms in total. The van der Waals surface area contributed by atoms with Crippen LogP contribution >= 0.6 is 23.2 Å². The summed E-state index contributed by atoms with van der Waals surface area (Å²) in [5.74, 6) is -1.66. The molecule has 0 saturated carbocycles. The van der Waals surface area contributed by atoms with E-state index in [1.807, 2.05) is 6.92 Å². The highest BCUT2D eigenvalue weighted by molar-refractivity contribution is 6.40. The third-order valence-electron chi connectivity index (χ3n) is 2.45. The van der Waals surface area contributed by atoms with Crippen LogP contribution in [0.15, 0.2) is 18.2 Å². The molecule has 110 valence electrons. The van der Waals surface area contributed by atoms with Gasteiger partial charge in [-0.2, -0.15) is 0 Å². The number of aliphatic hydroxyl groups is 1. The lowest BCUT2D eigenvalue weighted by atomic mass is 10.2. The van der Waals surface area contributed by atoms with Gasteiger partial charge >= 0.3 is 11.8 Å². The molecule has 0 fully saturated rings. The number of nitrogens with one attached hydrogen (secondary N) is 2. The molecule has 0 aromatic heterocycles. The number of hydrogen-bond acceptors (Lipinski definition) is 3. The topological polar surface area (TPSA) is 78.4 Å². The minimum atomic E-state index is -0.841. The Morgan fingerprint density at radius 3 is 2.35 bits per heavy atom. The minimum Gasteiger partial charge on any atom is -0.391 e. The number of halogens is 2. The largest absolute Gasteiger partial charge is 0.391 e. The summed E-state index contributed by atoms with van der Waals surface area (Å²) in [7, 11) is 0. The first-order valence-corrected chi connectivity index (χ1v) is 6.91. The number of aliphatic hydroxyl groups excluding tert-OH is 1. The van der Waals surface area contributed by atoms with Crippen LogP contribution < -0.4 is 10.6 Å². The molecule has 1 aromatic carbocycles. The Labute approximate surface area is 127 Å². The van der Waals surface area contributed by atoms with E-state index in [0.29, 0.717) is 22.2 Å². The van der Waals surface area contributed by atoms with Crippen LogP contribution in [0.2, 0.25) is 10.0 Å². The molecular weight excluding hydrogens is 303 g/mol. The molecule has 0 heterocycles. The smallest absolute Gasteiger partial charge is 0.313 e. The van der Waals surface area contributed by atoms with Crippen molar-refractivity contribution < 1.29 is 14.7 Å². The zero-order valence-electron chi connectivity index (χ0n) is 11.0. The maximum atomic E-state index is 11.6. The summed E-state index contributed by atoms with van der Waals surface area (Å²) in [5.41, 5.74) is 0.330. The van der Waals surface area contributed by atoms with Crippen LogP contribution in [-0.2, 0) is 9.59 Å². The summed E-state index contributed by atoms with van der Waals surface area (Å²) in [4.78, 5) is 23.1. The van der Waals surface area contributed by atoms with E-state index in [2.05, 4.69) is 10.6 Å². The molecular formula is C13H16Cl2N2O3. The fourth-order valence-corrected chi connectivity index (χ4v) is 2.07. The first-order valence-electron chi connectivity index (χ1n) is 6.15. The zero-order valence-corrected chi connectivity index (χ0v) is 12.5. The molecule has 1 atom stereocenters. The molecule has 20 heavy (non-hydrogen) atoms. The van der Waals surface area contributed by atoms with Gasteiger partial charge in [-0.05, 0) is 24.6 Å². The van der Waals surface area contributed by atoms with E-state index in [1.165, 1.54) is 18.2 Å². The number of amides is 2. The Bertz CT molecular complexity index is 474. The van der Waals surface area contributed by atoms with E-state index in [4.69, 9.17) is 23.2 Å². The summed E-state index contributed by atoms with van der Waals surface area (Å²) in [6, 6.07) is 4.47. The van der Waals surface area contributed by atoms with E-state index < -0.39 is 17.9 Å². The first kappa shape index (κ1) is 16.8. The second kappa shape index (κ2) is 8.09. The monoisotopic (exact) mass is 318 g/mol. The number of anilines is 1. The molecule has 3 N–H and O–H groups in total. The molecule has 0 aliphatic carbocycles. The van der Waals surface area contributed by atoms with Crippen molar-refractivity contribution in [2.75, 3.05) is 11.9 Å². The van der Waals surface area contributed by atoms with E-state index in [0.717, 1.165) is 6.42 Å². The van der Waals surface area contributed by atoms with Crippen molar-refractivity contribution in [1.82, 2.24) is 5.32 Å². The van der Waals surface area contributed by atoms with Crippen LogP contribution in [0, 0.1) is 0 Å². The molecule has 0 saturated heterocycles. The van der Waals surface area contributed by atoms with E-state index >= 15 is 0 Å². The van der Waals surface area contributed by atoms with E-state index in [-0.39, 0.29) is 6.54 Å². The van der Waals surface area contributed by atoms with Crippen LogP contribution in [0.25, 0.3) is 0 Å². The summed E-state index contributed by atoms with van der Waals surface area (Å²) < 4.78 is 0. The summed E-state index contributed by atoms with van der Waals surface area (Å²) in [6.45, 7) is 1.96. The van der Waals surface area contributed by atoms with Crippen LogP contribution in [0.3, 0.4) is 0 Å². The van der Waals surface area contributed by atoms with Crippen LogP contribution in [0.4, 0.5) is 5.69 Å². The van der Waals surface area contributed by atoms with Crippen molar-refractivity contribution in [3.63, 3.8) is 0 Å². The number of benzene rings is 1. The van der Waals surface area contributed by atoms with Gasteiger partial charge in [0.15, 0.2) is 0 Å². The van der Waals surface area contributed by atoms with Crippen molar-refractivity contribution in [3.05, 3.63) is 28.2 Å². The Morgan fingerprint density at radius 1 is 1.20 bits per heavy atom. The normalized spacial score (nSPS) is 11.8. The zero-order chi connectivity index (χ0) is 15.1. The number of carbonyl (C=O) groups excluding carboxylic acids is 2. The molecule has 0 aliphatic heterocycles. The van der Waals surface area contributed by atoms with Crippen molar-refractivity contribution in [2.45, 2.75) is 25.9 Å². The lowest BCUT2D eigenvalue weighted by molar-refractivity contribution is -0.136. The molecule has 0 bridgehead atoms. The van der Waals surface area contributed by atoms with Crippen LogP contribution in [0.5, 0.6) is 0 Å². The van der Waals surface area contributed by atoms with E-state index in [9.17, 15) is 14.7 Å². The van der Waals surface area contributed by atoms with Gasteiger partial charge in [0.05, 0.1) is 6.10 Å². The molecule has 0 spiro atoms. The van der Waals surface area contributed by atoms with Gasteiger partial charge in [0, 0.05) is 22.3 Å². The maximum Gasteiger partial charge on any atom is 0.313 e. The summed E-state index contributed by atoms with van der Waals surface area (Å²) in [5, 5.41) is 14.9. The number of carbonyl (C=O) groups is 2. The Morgan fingerprint density at radius 2 is 1.80 bits per heavy atom. The average Bonchev–Trinajstić information content (AvgIpc) is 2.34. The molecule has 7 heteroatoms. The molecule has 0 aliphatic rings. The highest BCUT2D eigenvalue weighted by atomic mass is 35.5. The SMILES string of the molecule is CCCC(O)CNC(=O)C(=O)Nc1cc(Cl)cc(Cl)c1. The highest BCUT2D eigenvalue weighted by Crippen LogP contribution is 2.22. The van der Waals surface area contributed by atoms with Gasteiger partial charge in [-0.1, -0.05) is 36.5 Å². The fraction of sp³-hybridized carbons (Fsp3) is 0.385. The molecule has 1 rings (SSSR count). The van der Waals surface area contributed by atoms with E-state index in [1.54, 1.807) is 0 Å². The lowest BCUT2D eigenvalue weighted by Gasteiger charge is -2.11. The third-order valence-corrected chi connectivity index (χ3v) is 2.88. The van der Waals surface area contributed by atoms with Crippen molar-refractivity contribution in [1.29, 1.82) is 0 Å². The fourth-order valence-electron chi connectivity index (χ4n) is 1.54. The van der Waals surface area contributed by atoms with Crippen molar-refractivity contribution in [3.8, 4) is 0 Å². The standard InChI is InChI=1S/C13H16Cl2N2O3/c1-2-3-11(18)7-16-12(19)13(20)17-10-5-8(14)4-9(15)6-10/h4-6,11,18H,2-3,7H2,1H3,(H,16,19)(H,17,20). The summed E-state index contributed by atoms with van der Waals surface area (Å²) in [6.07, 6.45) is 0.702. The second-order valence-corrected chi connectivity index (χ2v) is 5.14. The minimum absolute atomic E-state index is 0.0381. The van der Waals surface area contributed by atoms with Crippen molar-refractivity contribution >= 4 is 40.7 Å². The maximum absolute atomic E-state index is 11.6. The lowest BCUT2D eigenvalue weighted by Crippen LogP contribution is -2.39. The van der Waals surface area contributed by atoms with Gasteiger partial charge in [0.25, 0.3) is 0 Å². The highest BCUT2D eigenvalue weighted by Gasteiger charge is 2.15. The summed E-state index contributed by atoms with van der Waals surface area (Å²) >= 11 is 11.6. The third kappa shape index (κ3) is 5.77. The van der Waals surface area contributed by atoms with Gasteiger partial charge in [-0.3, -0.25) is 9.59 Å². The Balaban J connectivity index is 2.51. The van der Waals surface area contributed by atoms with Gasteiger partial charge in [0.1, 0.15) is 0 Å². The van der Waals surface area contributed by atoms with Crippen LogP contribution in [-0.4, -0.2) is 29.6 Å². The second-order valence-electron chi connectivity index (χ2n) is 4.26. The Kier molecular flexibility index (Phi) is 6.78. The van der Waals surface area contributed by atoms with Gasteiger partial charge < -0.3 is 15.7 Å². The first-order chi connectivity index (χ1) is 9.42. The molecule has 0 radical (unpaired) electrons. The molecule has 1 unspecified atom stereocenters. The van der Waals surface area contributed by atoms with Crippen molar-refractivity contribution in [2.24, 2.45) is 0 Å². The van der Waals surface area contributed by atoms with Gasteiger partial charge in [-0.25, -0.2) is 0 Å². The quantitative estimate of drug-likeness (QED) is 0.728. The van der Waals surface area contributed by atoms with Gasteiger partial charge in [0.2, 0.25) is 0 Å². The molecule has 1 aromatic rings. The predicted molar refractivity (Wildman–Crippen MR) is 79.0 cm³/mol. The molecule has 2 amide bonds.